The second kappa shape index (κ2) is 5.98. The van der Waals surface area contributed by atoms with Crippen LogP contribution in [0.3, 0.4) is 0 Å². The second-order valence-corrected chi connectivity index (χ2v) is 4.97. The third kappa shape index (κ3) is 2.76. The Morgan fingerprint density at radius 1 is 0.905 bits per heavy atom. The van der Waals surface area contributed by atoms with E-state index in [1.165, 1.54) is 0 Å². The van der Waals surface area contributed by atoms with Crippen LogP contribution in [-0.4, -0.2) is 11.7 Å². The van der Waals surface area contributed by atoms with Gasteiger partial charge in [-0.1, -0.05) is 54.6 Å². The van der Waals surface area contributed by atoms with Crippen LogP contribution in [0.15, 0.2) is 66.7 Å². The highest BCUT2D eigenvalue weighted by atomic mass is 16.5. The van der Waals surface area contributed by atoms with Crippen molar-refractivity contribution in [3.05, 3.63) is 77.9 Å². The topological polar surface area (TPSA) is 29.5 Å². The maximum atomic E-state index is 10.7. The lowest BCUT2D eigenvalue weighted by Crippen LogP contribution is -2.01. The largest absolute Gasteiger partial charge is 0.494 e. The molecule has 0 bridgehead atoms. The van der Waals surface area contributed by atoms with Crippen molar-refractivity contribution in [3.63, 3.8) is 0 Å². The summed E-state index contributed by atoms with van der Waals surface area (Å²) in [7, 11) is 0. The monoisotopic (exact) mass is 278 g/mol. The van der Waals surface area contributed by atoms with Gasteiger partial charge in [-0.15, -0.1) is 0 Å². The van der Waals surface area contributed by atoms with Crippen molar-refractivity contribution in [1.82, 2.24) is 0 Å². The molecular weight excluding hydrogens is 260 g/mol. The van der Waals surface area contributed by atoms with E-state index in [2.05, 4.69) is 12.1 Å². The SMILES string of the molecule is CCOc1ccc(C(O)c2cccc3ccccc23)cc1. The van der Waals surface area contributed by atoms with Crippen LogP contribution in [0.5, 0.6) is 5.75 Å². The predicted molar refractivity (Wildman–Crippen MR) is 85.6 cm³/mol. The summed E-state index contributed by atoms with van der Waals surface area (Å²) in [4.78, 5) is 0. The normalized spacial score (nSPS) is 12.3. The van der Waals surface area contributed by atoms with E-state index in [-0.39, 0.29) is 0 Å². The fourth-order valence-corrected chi connectivity index (χ4v) is 2.58. The Morgan fingerprint density at radius 2 is 1.62 bits per heavy atom. The number of hydrogen-bond acceptors (Lipinski definition) is 2. The second-order valence-electron chi connectivity index (χ2n) is 4.97. The Balaban J connectivity index is 1.98. The summed E-state index contributed by atoms with van der Waals surface area (Å²) < 4.78 is 5.43. The Hall–Kier alpha value is -2.32. The van der Waals surface area contributed by atoms with Gasteiger partial charge >= 0.3 is 0 Å². The van der Waals surface area contributed by atoms with E-state index in [0.29, 0.717) is 6.61 Å². The quantitative estimate of drug-likeness (QED) is 0.770. The first kappa shape index (κ1) is 13.7. The van der Waals surface area contributed by atoms with Crippen LogP contribution in [-0.2, 0) is 0 Å². The van der Waals surface area contributed by atoms with Crippen molar-refractivity contribution in [1.29, 1.82) is 0 Å². The van der Waals surface area contributed by atoms with E-state index < -0.39 is 6.10 Å². The molecule has 0 aliphatic heterocycles. The van der Waals surface area contributed by atoms with Crippen LogP contribution in [0.2, 0.25) is 0 Å². The molecule has 2 heteroatoms. The molecule has 2 nitrogen and oxygen atoms in total. The minimum atomic E-state index is -0.633. The molecule has 1 unspecified atom stereocenters. The highest BCUT2D eigenvalue weighted by Crippen LogP contribution is 2.29. The maximum Gasteiger partial charge on any atom is 0.119 e. The molecule has 106 valence electrons. The summed E-state index contributed by atoms with van der Waals surface area (Å²) in [6, 6.07) is 21.7. The van der Waals surface area contributed by atoms with Gasteiger partial charge in [-0.3, -0.25) is 0 Å². The summed E-state index contributed by atoms with van der Waals surface area (Å²) in [5.74, 6) is 0.825. The van der Waals surface area contributed by atoms with Crippen molar-refractivity contribution in [3.8, 4) is 5.75 Å². The van der Waals surface area contributed by atoms with Gasteiger partial charge < -0.3 is 9.84 Å². The van der Waals surface area contributed by atoms with Crippen molar-refractivity contribution in [2.75, 3.05) is 6.61 Å². The van der Waals surface area contributed by atoms with Crippen molar-refractivity contribution < 1.29 is 9.84 Å². The number of benzene rings is 3. The zero-order valence-corrected chi connectivity index (χ0v) is 12.0. The number of aliphatic hydroxyl groups excluding tert-OH is 1. The Kier molecular flexibility index (Phi) is 3.89. The fourth-order valence-electron chi connectivity index (χ4n) is 2.58. The van der Waals surface area contributed by atoms with Crippen LogP contribution in [0.4, 0.5) is 0 Å². The Bertz CT molecular complexity index is 727. The van der Waals surface area contributed by atoms with Gasteiger partial charge in [-0.2, -0.15) is 0 Å². The molecule has 0 saturated carbocycles. The Labute approximate surface area is 124 Å². The molecule has 0 spiro atoms. The number of hydrogen-bond donors (Lipinski definition) is 1. The van der Waals surface area contributed by atoms with Gasteiger partial charge in [0.05, 0.1) is 6.61 Å². The van der Waals surface area contributed by atoms with Gasteiger partial charge in [0, 0.05) is 0 Å². The summed E-state index contributed by atoms with van der Waals surface area (Å²) in [6.45, 7) is 2.60. The number of ether oxygens (including phenoxy) is 1. The average molecular weight is 278 g/mol. The van der Waals surface area contributed by atoms with E-state index in [0.717, 1.165) is 27.6 Å². The van der Waals surface area contributed by atoms with Crippen molar-refractivity contribution in [2.45, 2.75) is 13.0 Å². The van der Waals surface area contributed by atoms with Crippen LogP contribution in [0.25, 0.3) is 10.8 Å². The summed E-state index contributed by atoms with van der Waals surface area (Å²) in [5.41, 5.74) is 1.80. The van der Waals surface area contributed by atoms with E-state index >= 15 is 0 Å². The molecule has 0 aromatic heterocycles. The van der Waals surface area contributed by atoms with E-state index in [1.807, 2.05) is 61.5 Å². The molecule has 0 amide bonds. The van der Waals surface area contributed by atoms with E-state index in [4.69, 9.17) is 4.74 Å². The molecule has 0 aliphatic rings. The number of aliphatic hydroxyl groups is 1. The van der Waals surface area contributed by atoms with Crippen LogP contribution in [0, 0.1) is 0 Å². The third-order valence-electron chi connectivity index (χ3n) is 3.62. The molecule has 21 heavy (non-hydrogen) atoms. The van der Waals surface area contributed by atoms with Gasteiger partial charge in [-0.05, 0) is 41.0 Å². The first-order valence-electron chi connectivity index (χ1n) is 7.18. The maximum absolute atomic E-state index is 10.7. The first-order chi connectivity index (χ1) is 10.3. The molecule has 3 aromatic rings. The molecule has 1 N–H and O–H groups in total. The predicted octanol–water partition coefficient (Wildman–Crippen LogP) is 4.32. The zero-order chi connectivity index (χ0) is 14.7. The summed E-state index contributed by atoms with van der Waals surface area (Å²) >= 11 is 0. The lowest BCUT2D eigenvalue weighted by atomic mass is 9.96. The van der Waals surface area contributed by atoms with Crippen LogP contribution < -0.4 is 4.74 Å². The zero-order valence-electron chi connectivity index (χ0n) is 12.0. The number of fused-ring (bicyclic) bond motifs is 1. The molecule has 3 aromatic carbocycles. The lowest BCUT2D eigenvalue weighted by Gasteiger charge is -2.15. The highest BCUT2D eigenvalue weighted by molar-refractivity contribution is 5.86. The molecular formula is C19H18O2. The van der Waals surface area contributed by atoms with Crippen molar-refractivity contribution in [2.24, 2.45) is 0 Å². The minimum absolute atomic E-state index is 0.633. The van der Waals surface area contributed by atoms with E-state index in [9.17, 15) is 5.11 Å². The van der Waals surface area contributed by atoms with Crippen LogP contribution in [0.1, 0.15) is 24.2 Å². The third-order valence-corrected chi connectivity index (χ3v) is 3.62. The highest BCUT2D eigenvalue weighted by Gasteiger charge is 2.13. The fraction of sp³-hybridized carbons (Fsp3) is 0.158. The molecule has 0 fully saturated rings. The average Bonchev–Trinajstić information content (AvgIpc) is 2.55. The summed E-state index contributed by atoms with van der Waals surface area (Å²) in [5, 5.41) is 12.9. The van der Waals surface area contributed by atoms with E-state index in [1.54, 1.807) is 0 Å². The first-order valence-corrected chi connectivity index (χ1v) is 7.18. The summed E-state index contributed by atoms with van der Waals surface area (Å²) in [6.07, 6.45) is -0.633. The van der Waals surface area contributed by atoms with Gasteiger partial charge in [-0.25, -0.2) is 0 Å². The smallest absolute Gasteiger partial charge is 0.119 e. The van der Waals surface area contributed by atoms with Crippen molar-refractivity contribution >= 4 is 10.8 Å². The van der Waals surface area contributed by atoms with Gasteiger partial charge in [0.1, 0.15) is 11.9 Å². The molecule has 0 heterocycles. The van der Waals surface area contributed by atoms with Crippen LogP contribution >= 0.6 is 0 Å². The minimum Gasteiger partial charge on any atom is -0.494 e. The lowest BCUT2D eigenvalue weighted by molar-refractivity contribution is 0.221. The molecule has 0 aliphatic carbocycles. The van der Waals surface area contributed by atoms with Gasteiger partial charge in [0.25, 0.3) is 0 Å². The van der Waals surface area contributed by atoms with Gasteiger partial charge in [0.15, 0.2) is 0 Å². The Morgan fingerprint density at radius 3 is 2.38 bits per heavy atom. The molecule has 1 atom stereocenters. The molecule has 0 saturated heterocycles. The standard InChI is InChI=1S/C19H18O2/c1-2-21-16-12-10-15(11-13-16)19(20)18-9-5-7-14-6-3-4-8-17(14)18/h3-13,19-20H,2H2,1H3. The number of rotatable bonds is 4. The molecule has 3 rings (SSSR count). The molecule has 0 radical (unpaired) electrons. The van der Waals surface area contributed by atoms with Gasteiger partial charge in [0.2, 0.25) is 0 Å².